The fourth-order valence-electron chi connectivity index (χ4n) is 1.43. The lowest BCUT2D eigenvalue weighted by Crippen LogP contribution is -2.03. The molecule has 16 heavy (non-hydrogen) atoms. The summed E-state index contributed by atoms with van der Waals surface area (Å²) in [5.74, 6) is 1.63. The quantitative estimate of drug-likeness (QED) is 0.557. The molecule has 1 aromatic carbocycles. The van der Waals surface area contributed by atoms with Crippen LogP contribution in [-0.4, -0.2) is 18.5 Å². The lowest BCUT2D eigenvalue weighted by molar-refractivity contribution is 0.286. The molecule has 0 radical (unpaired) electrons. The van der Waals surface area contributed by atoms with Crippen molar-refractivity contribution >= 4 is 15.9 Å². The van der Waals surface area contributed by atoms with Gasteiger partial charge in [-0.2, -0.15) is 0 Å². The summed E-state index contributed by atoms with van der Waals surface area (Å²) in [6, 6.07) is 7.74. The summed E-state index contributed by atoms with van der Waals surface area (Å²) in [6.07, 6.45) is 3.36. The van der Waals surface area contributed by atoms with E-state index < -0.39 is 0 Å². The summed E-state index contributed by atoms with van der Waals surface area (Å²) >= 11 is 3.61. The van der Waals surface area contributed by atoms with Gasteiger partial charge in [-0.1, -0.05) is 35.0 Å². The molecule has 0 saturated carbocycles. The van der Waals surface area contributed by atoms with E-state index in [0.717, 1.165) is 37.4 Å². The molecule has 0 aliphatic heterocycles. The minimum absolute atomic E-state index is 0.605. The monoisotopic (exact) mass is 286 g/mol. The van der Waals surface area contributed by atoms with Gasteiger partial charge in [0.1, 0.15) is 0 Å². The maximum atomic E-state index is 5.68. The Morgan fingerprint density at radius 1 is 1.25 bits per heavy atom. The second-order valence-electron chi connectivity index (χ2n) is 3.65. The molecule has 0 spiro atoms. The van der Waals surface area contributed by atoms with Crippen LogP contribution in [0.4, 0.5) is 0 Å². The van der Waals surface area contributed by atoms with E-state index in [-0.39, 0.29) is 0 Å². The maximum Gasteiger partial charge on any atom is 0.161 e. The smallest absolute Gasteiger partial charge is 0.161 e. The number of ether oxygens (including phenoxy) is 2. The number of hydrogen-bond acceptors (Lipinski definition) is 2. The fraction of sp³-hybridized carbons (Fsp3) is 0.538. The van der Waals surface area contributed by atoms with Crippen molar-refractivity contribution in [2.75, 3.05) is 13.7 Å². The van der Waals surface area contributed by atoms with Crippen LogP contribution in [-0.2, 0) is 0 Å². The first-order valence-electron chi connectivity index (χ1n) is 5.67. The zero-order valence-electron chi connectivity index (χ0n) is 9.91. The predicted molar refractivity (Wildman–Crippen MR) is 70.7 cm³/mol. The van der Waals surface area contributed by atoms with E-state index in [1.165, 1.54) is 0 Å². The molecule has 0 bridgehead atoms. The molecule has 0 aromatic heterocycles. The first kappa shape index (κ1) is 13.4. The Labute approximate surface area is 106 Å². The molecule has 1 rings (SSSR count). The highest BCUT2D eigenvalue weighted by atomic mass is 79.9. The Kier molecular flexibility index (Phi) is 6.31. The van der Waals surface area contributed by atoms with Gasteiger partial charge in [0.25, 0.3) is 0 Å². The summed E-state index contributed by atoms with van der Waals surface area (Å²) in [7, 11) is 1.66. The molecular formula is C13H19BrO2. The van der Waals surface area contributed by atoms with Crippen LogP contribution in [0.1, 0.15) is 26.2 Å². The van der Waals surface area contributed by atoms with Gasteiger partial charge in [0.05, 0.1) is 13.7 Å². The van der Waals surface area contributed by atoms with Gasteiger partial charge < -0.3 is 9.47 Å². The van der Waals surface area contributed by atoms with E-state index >= 15 is 0 Å². The summed E-state index contributed by atoms with van der Waals surface area (Å²) in [4.78, 5) is 0.605. The zero-order chi connectivity index (χ0) is 11.8. The summed E-state index contributed by atoms with van der Waals surface area (Å²) in [6.45, 7) is 2.92. The van der Waals surface area contributed by atoms with Gasteiger partial charge in [-0.15, -0.1) is 0 Å². The molecule has 0 aliphatic rings. The Morgan fingerprint density at radius 2 is 1.94 bits per heavy atom. The highest BCUT2D eigenvalue weighted by Crippen LogP contribution is 2.26. The molecule has 90 valence electrons. The highest BCUT2D eigenvalue weighted by Gasteiger charge is 2.03. The Balaban J connectivity index is 2.31. The first-order chi connectivity index (χ1) is 7.77. The van der Waals surface area contributed by atoms with Crippen molar-refractivity contribution in [3.05, 3.63) is 24.3 Å². The van der Waals surface area contributed by atoms with Crippen molar-refractivity contribution in [1.29, 1.82) is 0 Å². The van der Waals surface area contributed by atoms with Gasteiger partial charge in [0.15, 0.2) is 11.5 Å². The molecule has 0 fully saturated rings. The van der Waals surface area contributed by atoms with Gasteiger partial charge in [-0.3, -0.25) is 0 Å². The molecular weight excluding hydrogens is 268 g/mol. The van der Waals surface area contributed by atoms with Crippen molar-refractivity contribution < 1.29 is 9.47 Å². The second-order valence-corrected chi connectivity index (χ2v) is 4.94. The third kappa shape index (κ3) is 4.44. The summed E-state index contributed by atoms with van der Waals surface area (Å²) in [5.41, 5.74) is 0. The molecule has 0 aliphatic carbocycles. The first-order valence-corrected chi connectivity index (χ1v) is 6.59. The number of alkyl halides is 1. The van der Waals surface area contributed by atoms with E-state index in [1.54, 1.807) is 7.11 Å². The zero-order valence-corrected chi connectivity index (χ0v) is 11.5. The number of hydrogen-bond donors (Lipinski definition) is 0. The number of rotatable bonds is 7. The molecule has 0 amide bonds. The Bertz CT molecular complexity index is 302. The average molecular weight is 287 g/mol. The molecule has 2 nitrogen and oxygen atoms in total. The van der Waals surface area contributed by atoms with Crippen molar-refractivity contribution in [2.45, 2.75) is 31.0 Å². The van der Waals surface area contributed by atoms with Crippen LogP contribution in [0.15, 0.2) is 24.3 Å². The third-order valence-corrected chi connectivity index (χ3v) is 3.54. The number of benzene rings is 1. The SMILES string of the molecule is CCC(Br)CCCOc1ccccc1OC. The largest absolute Gasteiger partial charge is 0.493 e. The Hall–Kier alpha value is -0.700. The van der Waals surface area contributed by atoms with Crippen molar-refractivity contribution in [1.82, 2.24) is 0 Å². The van der Waals surface area contributed by atoms with Crippen molar-refractivity contribution in [3.8, 4) is 11.5 Å². The van der Waals surface area contributed by atoms with Crippen LogP contribution in [0.3, 0.4) is 0 Å². The van der Waals surface area contributed by atoms with E-state index in [1.807, 2.05) is 24.3 Å². The Morgan fingerprint density at radius 3 is 2.56 bits per heavy atom. The number of halogens is 1. The van der Waals surface area contributed by atoms with Crippen LogP contribution in [0.25, 0.3) is 0 Å². The predicted octanol–water partition coefficient (Wildman–Crippen LogP) is 4.03. The third-order valence-electron chi connectivity index (χ3n) is 2.43. The minimum atomic E-state index is 0.605. The molecule has 0 heterocycles. The van der Waals surface area contributed by atoms with Gasteiger partial charge >= 0.3 is 0 Å². The second kappa shape index (κ2) is 7.55. The van der Waals surface area contributed by atoms with E-state index in [0.29, 0.717) is 4.83 Å². The average Bonchev–Trinajstić information content (AvgIpc) is 2.34. The molecule has 0 saturated heterocycles. The standard InChI is InChI=1S/C13H19BrO2/c1-3-11(14)7-6-10-16-13-9-5-4-8-12(13)15-2/h4-5,8-9,11H,3,6-7,10H2,1-2H3. The van der Waals surface area contributed by atoms with Crippen molar-refractivity contribution in [3.63, 3.8) is 0 Å². The van der Waals surface area contributed by atoms with E-state index in [9.17, 15) is 0 Å². The summed E-state index contributed by atoms with van der Waals surface area (Å²) < 4.78 is 10.9. The molecule has 1 aromatic rings. The highest BCUT2D eigenvalue weighted by molar-refractivity contribution is 9.09. The van der Waals surface area contributed by atoms with Crippen LogP contribution in [0, 0.1) is 0 Å². The van der Waals surface area contributed by atoms with Crippen LogP contribution in [0.2, 0.25) is 0 Å². The minimum Gasteiger partial charge on any atom is -0.493 e. The van der Waals surface area contributed by atoms with Gasteiger partial charge in [-0.25, -0.2) is 0 Å². The molecule has 1 atom stereocenters. The van der Waals surface area contributed by atoms with E-state index in [2.05, 4.69) is 22.9 Å². The normalized spacial score (nSPS) is 12.2. The fourth-order valence-corrected chi connectivity index (χ4v) is 1.75. The lowest BCUT2D eigenvalue weighted by atomic mass is 10.2. The van der Waals surface area contributed by atoms with Gasteiger partial charge in [0.2, 0.25) is 0 Å². The number of methoxy groups -OCH3 is 1. The van der Waals surface area contributed by atoms with Crippen LogP contribution in [0.5, 0.6) is 11.5 Å². The van der Waals surface area contributed by atoms with Crippen LogP contribution >= 0.6 is 15.9 Å². The lowest BCUT2D eigenvalue weighted by Gasteiger charge is -2.11. The molecule has 1 unspecified atom stereocenters. The van der Waals surface area contributed by atoms with E-state index in [4.69, 9.17) is 9.47 Å². The van der Waals surface area contributed by atoms with Crippen LogP contribution < -0.4 is 9.47 Å². The topological polar surface area (TPSA) is 18.5 Å². The van der Waals surface area contributed by atoms with Gasteiger partial charge in [-0.05, 0) is 31.4 Å². The van der Waals surface area contributed by atoms with Crippen molar-refractivity contribution in [2.24, 2.45) is 0 Å². The maximum absolute atomic E-state index is 5.68. The molecule has 0 N–H and O–H groups in total. The summed E-state index contributed by atoms with van der Waals surface area (Å²) in [5, 5.41) is 0. The van der Waals surface area contributed by atoms with Gasteiger partial charge in [0, 0.05) is 4.83 Å². The molecule has 3 heteroatoms. The number of para-hydroxylation sites is 2.